The number of carbonyl (C=O) groups is 2. The van der Waals surface area contributed by atoms with Crippen LogP contribution >= 0.6 is 23.2 Å². The second-order valence-electron chi connectivity index (χ2n) is 6.62. The number of alkyl halides is 2. The van der Waals surface area contributed by atoms with E-state index >= 15 is 0 Å². The number of phenols is 1. The minimum Gasteiger partial charge on any atom is -0.507 e. The first-order chi connectivity index (χ1) is 11.1. The second kappa shape index (κ2) is 8.58. The molecular formula is C17H24Cl2N2O3. The summed E-state index contributed by atoms with van der Waals surface area (Å²) < 4.78 is 0. The van der Waals surface area contributed by atoms with Gasteiger partial charge in [-0.3, -0.25) is 9.59 Å². The minimum atomic E-state index is -0.313. The van der Waals surface area contributed by atoms with Gasteiger partial charge >= 0.3 is 0 Å². The quantitative estimate of drug-likeness (QED) is 0.669. The van der Waals surface area contributed by atoms with Gasteiger partial charge in [-0.2, -0.15) is 0 Å². The molecule has 0 saturated heterocycles. The molecule has 5 nitrogen and oxygen atoms in total. The predicted octanol–water partition coefficient (Wildman–Crippen LogP) is 2.71. The predicted molar refractivity (Wildman–Crippen MR) is 96.7 cm³/mol. The van der Waals surface area contributed by atoms with Gasteiger partial charge in [-0.15, -0.1) is 23.2 Å². The Balaban J connectivity index is 3.28. The molecule has 3 N–H and O–H groups in total. The summed E-state index contributed by atoms with van der Waals surface area (Å²) in [5.41, 5.74) is 2.80. The molecule has 0 heterocycles. The van der Waals surface area contributed by atoms with Crippen LogP contribution < -0.4 is 10.6 Å². The van der Waals surface area contributed by atoms with Crippen LogP contribution in [0.5, 0.6) is 5.75 Å². The van der Waals surface area contributed by atoms with Gasteiger partial charge < -0.3 is 15.7 Å². The Kier molecular flexibility index (Phi) is 7.36. The molecule has 24 heavy (non-hydrogen) atoms. The number of carbonyl (C=O) groups excluding carboxylic acids is 2. The van der Waals surface area contributed by atoms with Crippen LogP contribution in [0.1, 0.15) is 43.0 Å². The molecule has 0 atom stereocenters. The highest BCUT2D eigenvalue weighted by atomic mass is 35.5. The van der Waals surface area contributed by atoms with E-state index in [0.717, 1.165) is 11.1 Å². The lowest BCUT2D eigenvalue weighted by atomic mass is 9.81. The number of hydrogen-bond donors (Lipinski definition) is 3. The number of aromatic hydroxyl groups is 1. The number of amides is 2. The molecular weight excluding hydrogens is 351 g/mol. The van der Waals surface area contributed by atoms with Crippen LogP contribution in [0, 0.1) is 6.92 Å². The number of hydrogen-bond acceptors (Lipinski definition) is 3. The minimum absolute atomic E-state index is 0.0738. The number of benzene rings is 1. The summed E-state index contributed by atoms with van der Waals surface area (Å²) in [6, 6.07) is 1.98. The first-order valence-electron chi connectivity index (χ1n) is 7.62. The van der Waals surface area contributed by atoms with Gasteiger partial charge in [0.25, 0.3) is 0 Å². The van der Waals surface area contributed by atoms with Crippen LogP contribution in [0.2, 0.25) is 0 Å². The number of rotatable bonds is 6. The number of aryl methyl sites for hydroxylation is 1. The molecule has 1 aromatic carbocycles. The van der Waals surface area contributed by atoms with Crippen molar-refractivity contribution in [3.8, 4) is 5.75 Å². The molecule has 0 unspecified atom stereocenters. The molecule has 0 aliphatic carbocycles. The van der Waals surface area contributed by atoms with E-state index in [1.54, 1.807) is 0 Å². The Morgan fingerprint density at radius 3 is 1.92 bits per heavy atom. The summed E-state index contributed by atoms with van der Waals surface area (Å²) in [6.45, 7) is 8.30. The maximum atomic E-state index is 11.5. The molecule has 0 fully saturated rings. The maximum absolute atomic E-state index is 11.5. The number of nitrogens with one attached hydrogen (secondary N) is 2. The van der Waals surface area contributed by atoms with Gasteiger partial charge in [0.2, 0.25) is 11.8 Å². The van der Waals surface area contributed by atoms with Crippen molar-refractivity contribution >= 4 is 35.0 Å². The van der Waals surface area contributed by atoms with E-state index < -0.39 is 0 Å². The standard InChI is InChI=1S/C17H24Cl2N2O3/c1-10-5-13(17(2,3)4)12(9-21-15(23)7-19)16(24)11(10)8-20-14(22)6-18/h5,24H,6-9H2,1-4H3,(H,20,22)(H,21,23). The zero-order valence-electron chi connectivity index (χ0n) is 14.4. The Morgan fingerprint density at radius 1 is 1.04 bits per heavy atom. The van der Waals surface area contributed by atoms with E-state index in [1.165, 1.54) is 0 Å². The van der Waals surface area contributed by atoms with Crippen molar-refractivity contribution in [2.45, 2.75) is 46.2 Å². The van der Waals surface area contributed by atoms with E-state index in [4.69, 9.17) is 23.2 Å². The summed E-state index contributed by atoms with van der Waals surface area (Å²) in [7, 11) is 0. The van der Waals surface area contributed by atoms with Gasteiger partial charge in [-0.1, -0.05) is 26.8 Å². The fourth-order valence-corrected chi connectivity index (χ4v) is 2.62. The van der Waals surface area contributed by atoms with Gasteiger partial charge in [0.15, 0.2) is 0 Å². The Morgan fingerprint density at radius 2 is 1.50 bits per heavy atom. The molecule has 0 saturated carbocycles. The molecule has 0 aliphatic rings. The van der Waals surface area contributed by atoms with Gasteiger partial charge in [0, 0.05) is 24.2 Å². The lowest BCUT2D eigenvalue weighted by molar-refractivity contribution is -0.119. The lowest BCUT2D eigenvalue weighted by Crippen LogP contribution is -2.27. The first-order valence-corrected chi connectivity index (χ1v) is 8.68. The van der Waals surface area contributed by atoms with Gasteiger partial charge in [-0.05, 0) is 23.5 Å². The number of halogens is 2. The largest absolute Gasteiger partial charge is 0.507 e. The molecule has 2 amide bonds. The van der Waals surface area contributed by atoms with E-state index in [-0.39, 0.29) is 47.8 Å². The van der Waals surface area contributed by atoms with Crippen LogP contribution in [-0.4, -0.2) is 28.7 Å². The fourth-order valence-electron chi connectivity index (χ4n) is 2.43. The Labute approximate surface area is 152 Å². The summed E-state index contributed by atoms with van der Waals surface area (Å²) >= 11 is 11.0. The smallest absolute Gasteiger partial charge is 0.235 e. The topological polar surface area (TPSA) is 78.4 Å². The molecule has 134 valence electrons. The van der Waals surface area contributed by atoms with Crippen LogP contribution in [0.4, 0.5) is 0 Å². The van der Waals surface area contributed by atoms with Crippen molar-refractivity contribution in [2.75, 3.05) is 11.8 Å². The van der Waals surface area contributed by atoms with Crippen molar-refractivity contribution < 1.29 is 14.7 Å². The fraction of sp³-hybridized carbons (Fsp3) is 0.529. The van der Waals surface area contributed by atoms with Crippen molar-refractivity contribution in [2.24, 2.45) is 0 Å². The summed E-state index contributed by atoms with van der Waals surface area (Å²) in [5.74, 6) is -0.834. The number of phenolic OH excluding ortho intramolecular Hbond substituents is 1. The Bertz CT molecular complexity index is 625. The maximum Gasteiger partial charge on any atom is 0.235 e. The van der Waals surface area contributed by atoms with E-state index in [2.05, 4.69) is 10.6 Å². The molecule has 7 heteroatoms. The van der Waals surface area contributed by atoms with Crippen LogP contribution in [0.3, 0.4) is 0 Å². The average molecular weight is 375 g/mol. The molecule has 1 rings (SSSR count). The normalized spacial score (nSPS) is 11.2. The highest BCUT2D eigenvalue weighted by Crippen LogP contribution is 2.36. The van der Waals surface area contributed by atoms with Crippen molar-refractivity contribution in [3.05, 3.63) is 28.3 Å². The molecule has 0 bridgehead atoms. The van der Waals surface area contributed by atoms with Crippen molar-refractivity contribution in [1.82, 2.24) is 10.6 Å². The molecule has 0 radical (unpaired) electrons. The third-order valence-electron chi connectivity index (χ3n) is 3.71. The van der Waals surface area contributed by atoms with E-state index in [1.807, 2.05) is 33.8 Å². The Hall–Kier alpha value is -1.46. The third kappa shape index (κ3) is 5.28. The third-order valence-corrected chi connectivity index (χ3v) is 4.19. The van der Waals surface area contributed by atoms with E-state index in [9.17, 15) is 14.7 Å². The van der Waals surface area contributed by atoms with Crippen LogP contribution in [0.15, 0.2) is 6.07 Å². The van der Waals surface area contributed by atoms with Gasteiger partial charge in [0.05, 0.1) is 0 Å². The van der Waals surface area contributed by atoms with Crippen LogP contribution in [-0.2, 0) is 28.1 Å². The van der Waals surface area contributed by atoms with Gasteiger partial charge in [0.1, 0.15) is 17.5 Å². The molecule has 0 aromatic heterocycles. The lowest BCUT2D eigenvalue weighted by Gasteiger charge is -2.26. The SMILES string of the molecule is Cc1cc(C(C)(C)C)c(CNC(=O)CCl)c(O)c1CNC(=O)CCl. The highest BCUT2D eigenvalue weighted by Gasteiger charge is 2.24. The second-order valence-corrected chi connectivity index (χ2v) is 7.15. The molecule has 1 aromatic rings. The molecule has 0 aliphatic heterocycles. The summed E-state index contributed by atoms with van der Waals surface area (Å²) in [4.78, 5) is 22.8. The summed E-state index contributed by atoms with van der Waals surface area (Å²) in [6.07, 6.45) is 0. The van der Waals surface area contributed by atoms with Crippen molar-refractivity contribution in [3.63, 3.8) is 0 Å². The zero-order valence-corrected chi connectivity index (χ0v) is 15.9. The van der Waals surface area contributed by atoms with Crippen molar-refractivity contribution in [1.29, 1.82) is 0 Å². The zero-order chi connectivity index (χ0) is 18.5. The van der Waals surface area contributed by atoms with E-state index in [0.29, 0.717) is 11.1 Å². The molecule has 0 spiro atoms. The summed E-state index contributed by atoms with van der Waals surface area (Å²) in [5, 5.41) is 16.1. The van der Waals surface area contributed by atoms with Gasteiger partial charge in [-0.25, -0.2) is 0 Å². The highest BCUT2D eigenvalue weighted by molar-refractivity contribution is 6.27. The van der Waals surface area contributed by atoms with Crippen LogP contribution in [0.25, 0.3) is 0 Å². The average Bonchev–Trinajstić information content (AvgIpc) is 2.51. The monoisotopic (exact) mass is 374 g/mol. The first kappa shape index (κ1) is 20.6.